The molecule has 0 bridgehead atoms. The van der Waals surface area contributed by atoms with Crippen LogP contribution in [0.4, 0.5) is 0 Å². The van der Waals surface area contributed by atoms with Crippen molar-refractivity contribution in [1.82, 2.24) is 0 Å². The van der Waals surface area contributed by atoms with Gasteiger partial charge in [0.05, 0.1) is 0 Å². The molecule has 164 valence electrons. The predicted octanol–water partition coefficient (Wildman–Crippen LogP) is 7.20. The lowest BCUT2D eigenvalue weighted by Gasteiger charge is -2.16. The van der Waals surface area contributed by atoms with E-state index in [-0.39, 0.29) is 11.6 Å². The van der Waals surface area contributed by atoms with Gasteiger partial charge in [0, 0.05) is 22.3 Å². The Morgan fingerprint density at radius 2 is 0.879 bits per heavy atom. The summed E-state index contributed by atoms with van der Waals surface area (Å²) in [5, 5.41) is 0. The lowest BCUT2D eigenvalue weighted by Crippen LogP contribution is -2.01. The Hall–Kier alpha value is -3.40. The fourth-order valence-corrected chi connectivity index (χ4v) is 4.85. The molecule has 0 atom stereocenters. The molecule has 0 aliphatic heterocycles. The fourth-order valence-electron chi connectivity index (χ4n) is 3.11. The normalized spacial score (nSPS) is 10.6. The molecule has 0 amide bonds. The molecule has 4 aromatic rings. The van der Waals surface area contributed by atoms with Crippen LogP contribution in [-0.2, 0) is 0 Å². The van der Waals surface area contributed by atoms with Gasteiger partial charge >= 0.3 is 7.58 Å². The molecule has 0 saturated heterocycles. The van der Waals surface area contributed by atoms with Crippen LogP contribution < -0.4 is 9.05 Å². The Bertz CT molecular complexity index is 1110. The first-order chi connectivity index (χ1) is 16.1. The molecular formula is C27H21O4PS. The summed E-state index contributed by atoms with van der Waals surface area (Å²) in [6, 6.07) is 32.4. The van der Waals surface area contributed by atoms with E-state index >= 15 is 0 Å². The van der Waals surface area contributed by atoms with Gasteiger partial charge in [-0.3, -0.25) is 9.59 Å². The summed E-state index contributed by atoms with van der Waals surface area (Å²) >= 11 is 1.46. The largest absolute Gasteiger partial charge is 0.431 e. The molecular weight excluding hydrogens is 451 g/mol. The van der Waals surface area contributed by atoms with E-state index in [0.717, 1.165) is 0 Å². The van der Waals surface area contributed by atoms with Gasteiger partial charge in [0.1, 0.15) is 11.5 Å². The van der Waals surface area contributed by atoms with Crippen molar-refractivity contribution in [2.75, 3.05) is 6.26 Å². The van der Waals surface area contributed by atoms with Crippen LogP contribution in [0.1, 0.15) is 31.8 Å². The third kappa shape index (κ3) is 5.89. The minimum Gasteiger partial charge on any atom is -0.431 e. The number of hydrogen-bond donors (Lipinski definition) is 0. The van der Waals surface area contributed by atoms with E-state index in [9.17, 15) is 9.59 Å². The monoisotopic (exact) mass is 472 g/mol. The number of carbonyl (C=O) groups excluding carboxylic acids is 2. The average molecular weight is 473 g/mol. The molecule has 0 unspecified atom stereocenters. The molecule has 4 aromatic carbocycles. The van der Waals surface area contributed by atoms with Crippen molar-refractivity contribution < 1.29 is 18.6 Å². The number of benzene rings is 4. The van der Waals surface area contributed by atoms with E-state index in [4.69, 9.17) is 9.05 Å². The fraction of sp³-hybridized carbons (Fsp3) is 0.0370. The molecule has 0 aliphatic carbocycles. The van der Waals surface area contributed by atoms with Crippen LogP contribution in [0.5, 0.6) is 11.5 Å². The first-order valence-corrected chi connectivity index (χ1v) is 13.2. The topological polar surface area (TPSA) is 52.6 Å². The first kappa shape index (κ1) is 22.8. The molecule has 0 N–H and O–H groups in total. The smallest absolute Gasteiger partial charge is 0.360 e. The summed E-state index contributed by atoms with van der Waals surface area (Å²) in [7, 11) is -1.30. The molecule has 4 rings (SSSR count). The Balaban J connectivity index is 1.38. The second-order valence-electron chi connectivity index (χ2n) is 7.03. The second kappa shape index (κ2) is 11.0. The quantitative estimate of drug-likeness (QED) is 0.191. The summed E-state index contributed by atoms with van der Waals surface area (Å²) in [4.78, 5) is 25.1. The van der Waals surface area contributed by atoms with Crippen molar-refractivity contribution in [3.8, 4) is 11.5 Å². The lowest BCUT2D eigenvalue weighted by atomic mass is 10.0. The maximum absolute atomic E-state index is 12.6. The van der Waals surface area contributed by atoms with Gasteiger partial charge in [-0.05, 0) is 54.8 Å². The molecule has 0 fully saturated rings. The predicted molar refractivity (Wildman–Crippen MR) is 134 cm³/mol. The Kier molecular flexibility index (Phi) is 7.56. The summed E-state index contributed by atoms with van der Waals surface area (Å²) < 4.78 is 12.0. The van der Waals surface area contributed by atoms with Crippen molar-refractivity contribution in [3.05, 3.63) is 131 Å². The minimum atomic E-state index is -1.30. The van der Waals surface area contributed by atoms with E-state index < -0.39 is 7.58 Å². The average Bonchev–Trinajstić information content (AvgIpc) is 2.89. The highest BCUT2D eigenvalue weighted by atomic mass is 32.7. The van der Waals surface area contributed by atoms with Crippen LogP contribution in [0.15, 0.2) is 109 Å². The molecule has 0 aliphatic rings. The highest BCUT2D eigenvalue weighted by molar-refractivity contribution is 8.52. The van der Waals surface area contributed by atoms with Crippen LogP contribution >= 0.6 is 19.0 Å². The summed E-state index contributed by atoms with van der Waals surface area (Å²) in [5.74, 6) is 1.18. The van der Waals surface area contributed by atoms with Gasteiger partial charge in [0.25, 0.3) is 0 Å². The highest BCUT2D eigenvalue weighted by Crippen LogP contribution is 2.50. The summed E-state index contributed by atoms with van der Waals surface area (Å²) in [5.41, 5.74) is 2.49. The number of carbonyl (C=O) groups is 2. The van der Waals surface area contributed by atoms with E-state index in [1.54, 1.807) is 72.8 Å². The first-order valence-electron chi connectivity index (χ1n) is 10.2. The lowest BCUT2D eigenvalue weighted by molar-refractivity contribution is 0.103. The molecule has 0 spiro atoms. The van der Waals surface area contributed by atoms with Crippen molar-refractivity contribution in [3.63, 3.8) is 0 Å². The molecule has 0 saturated carbocycles. The minimum absolute atomic E-state index is 0.0318. The van der Waals surface area contributed by atoms with Crippen LogP contribution in [0.25, 0.3) is 0 Å². The van der Waals surface area contributed by atoms with Crippen molar-refractivity contribution in [1.29, 1.82) is 0 Å². The van der Waals surface area contributed by atoms with Crippen LogP contribution in [0, 0.1) is 0 Å². The molecule has 0 aromatic heterocycles. The third-order valence-corrected chi connectivity index (χ3v) is 7.17. The van der Waals surface area contributed by atoms with Crippen LogP contribution in [0.2, 0.25) is 0 Å². The van der Waals surface area contributed by atoms with E-state index in [1.165, 1.54) is 11.4 Å². The standard InChI is InChI=1S/C27H21O4PS/c1-33-32(30-24-16-12-22(13-17-24)26(28)20-8-4-2-5-9-20)31-25-18-14-23(15-19-25)27(29)21-10-6-3-7-11-21/h2-19H,1H3. The van der Waals surface area contributed by atoms with Gasteiger partial charge in [-0.1, -0.05) is 72.0 Å². The van der Waals surface area contributed by atoms with Gasteiger partial charge in [0.15, 0.2) is 11.6 Å². The number of hydrogen-bond acceptors (Lipinski definition) is 5. The Labute approximate surface area is 198 Å². The maximum Gasteiger partial charge on any atom is 0.360 e. The van der Waals surface area contributed by atoms with Crippen molar-refractivity contribution in [2.45, 2.75) is 0 Å². The zero-order chi connectivity index (χ0) is 23.0. The Morgan fingerprint density at radius 3 is 1.21 bits per heavy atom. The van der Waals surface area contributed by atoms with Gasteiger partial charge in [-0.15, -0.1) is 0 Å². The van der Waals surface area contributed by atoms with Gasteiger partial charge in [0.2, 0.25) is 0 Å². The van der Waals surface area contributed by atoms with Gasteiger partial charge < -0.3 is 9.05 Å². The number of rotatable bonds is 9. The zero-order valence-electron chi connectivity index (χ0n) is 17.9. The van der Waals surface area contributed by atoms with Crippen LogP contribution in [-0.4, -0.2) is 17.8 Å². The van der Waals surface area contributed by atoms with Crippen molar-refractivity contribution in [2.24, 2.45) is 0 Å². The van der Waals surface area contributed by atoms with Gasteiger partial charge in [-0.2, -0.15) is 0 Å². The third-order valence-electron chi connectivity index (χ3n) is 4.81. The van der Waals surface area contributed by atoms with E-state index in [0.29, 0.717) is 33.8 Å². The van der Waals surface area contributed by atoms with Crippen LogP contribution in [0.3, 0.4) is 0 Å². The van der Waals surface area contributed by atoms with Gasteiger partial charge in [-0.25, -0.2) is 0 Å². The van der Waals surface area contributed by atoms with E-state index in [1.807, 2.05) is 42.7 Å². The van der Waals surface area contributed by atoms with E-state index in [2.05, 4.69) is 0 Å². The molecule has 33 heavy (non-hydrogen) atoms. The zero-order valence-corrected chi connectivity index (χ0v) is 19.6. The maximum atomic E-state index is 12.6. The summed E-state index contributed by atoms with van der Waals surface area (Å²) in [6.07, 6.45) is 1.91. The molecule has 6 heteroatoms. The number of ketones is 2. The Morgan fingerprint density at radius 1 is 0.545 bits per heavy atom. The molecule has 0 heterocycles. The molecule has 0 radical (unpaired) electrons. The van der Waals surface area contributed by atoms with Crippen molar-refractivity contribution >= 4 is 30.5 Å². The highest BCUT2D eigenvalue weighted by Gasteiger charge is 2.16. The summed E-state index contributed by atoms with van der Waals surface area (Å²) in [6.45, 7) is 0. The molecule has 4 nitrogen and oxygen atoms in total. The SMILES string of the molecule is CSP(Oc1ccc(C(=O)c2ccccc2)cc1)Oc1ccc(C(=O)c2ccccc2)cc1. The second-order valence-corrected chi connectivity index (χ2v) is 10.2.